The molecule has 23 heavy (non-hydrogen) atoms. The van der Waals surface area contributed by atoms with E-state index in [1.165, 1.54) is 18.9 Å². The average molecular weight is 344 g/mol. The monoisotopic (exact) mass is 344 g/mol. The minimum absolute atomic E-state index is 0.125. The van der Waals surface area contributed by atoms with Crippen LogP contribution >= 0.6 is 11.8 Å². The van der Waals surface area contributed by atoms with Crippen LogP contribution in [0.5, 0.6) is 0 Å². The van der Waals surface area contributed by atoms with Crippen molar-refractivity contribution in [3.63, 3.8) is 0 Å². The number of hydrogen-bond donors (Lipinski definition) is 2. The Morgan fingerprint density at radius 2 is 1.87 bits per heavy atom. The van der Waals surface area contributed by atoms with Gasteiger partial charge in [0.2, 0.25) is 5.91 Å². The smallest absolute Gasteiger partial charge is 0.407 e. The van der Waals surface area contributed by atoms with Crippen LogP contribution in [0, 0.1) is 0 Å². The summed E-state index contributed by atoms with van der Waals surface area (Å²) in [5.74, 6) is 0.680. The highest BCUT2D eigenvalue weighted by Gasteiger charge is 2.24. The molecule has 1 saturated carbocycles. The number of methoxy groups -OCH3 is 1. The molecule has 0 aliphatic heterocycles. The van der Waals surface area contributed by atoms with Gasteiger partial charge < -0.3 is 15.4 Å². The van der Waals surface area contributed by atoms with Crippen LogP contribution in [-0.2, 0) is 14.3 Å². The lowest BCUT2D eigenvalue weighted by molar-refractivity contribution is -0.124. The zero-order valence-electron chi connectivity index (χ0n) is 14.1. The minimum Gasteiger partial charge on any atom is -0.453 e. The van der Waals surface area contributed by atoms with E-state index < -0.39 is 12.1 Å². The maximum Gasteiger partial charge on any atom is 0.407 e. The Bertz CT molecular complexity index is 398. The van der Waals surface area contributed by atoms with Gasteiger partial charge in [0.05, 0.1) is 7.11 Å². The summed E-state index contributed by atoms with van der Waals surface area (Å²) in [6, 6.07) is -0.320. The van der Waals surface area contributed by atoms with Gasteiger partial charge in [-0.2, -0.15) is 0 Å². The van der Waals surface area contributed by atoms with E-state index in [4.69, 9.17) is 0 Å². The van der Waals surface area contributed by atoms with E-state index in [1.54, 1.807) is 6.92 Å². The number of ether oxygens (including phenoxy) is 1. The van der Waals surface area contributed by atoms with Crippen molar-refractivity contribution in [2.24, 2.45) is 0 Å². The average Bonchev–Trinajstić information content (AvgIpc) is 3.01. The molecule has 0 heterocycles. The van der Waals surface area contributed by atoms with Crippen molar-refractivity contribution in [3.8, 4) is 0 Å². The van der Waals surface area contributed by atoms with Gasteiger partial charge in [-0.1, -0.05) is 37.4 Å². The third-order valence-electron chi connectivity index (χ3n) is 3.94. The molecular formula is C16H28N2O4S. The molecule has 0 saturated heterocycles. The van der Waals surface area contributed by atoms with Crippen LogP contribution in [0.1, 0.15) is 58.3 Å². The van der Waals surface area contributed by atoms with Gasteiger partial charge in [-0.3, -0.25) is 9.59 Å². The quantitative estimate of drug-likeness (QED) is 0.628. The minimum atomic E-state index is -0.580. The number of hydrogen-bond acceptors (Lipinski definition) is 5. The summed E-state index contributed by atoms with van der Waals surface area (Å²) in [5.41, 5.74) is 0. The summed E-state index contributed by atoms with van der Waals surface area (Å²) in [5, 5.41) is 5.77. The molecule has 7 heteroatoms. The predicted molar refractivity (Wildman–Crippen MR) is 91.3 cm³/mol. The molecule has 0 aromatic rings. The third kappa shape index (κ3) is 8.83. The van der Waals surface area contributed by atoms with Crippen LogP contribution in [0.3, 0.4) is 0 Å². The largest absolute Gasteiger partial charge is 0.453 e. The van der Waals surface area contributed by atoms with Gasteiger partial charge in [0.1, 0.15) is 6.04 Å². The Kier molecular flexibility index (Phi) is 9.75. The Morgan fingerprint density at radius 3 is 2.48 bits per heavy atom. The van der Waals surface area contributed by atoms with Crippen molar-refractivity contribution in [2.45, 2.75) is 70.4 Å². The molecule has 2 N–H and O–H groups in total. The summed E-state index contributed by atoms with van der Waals surface area (Å²) in [4.78, 5) is 34.6. The highest BCUT2D eigenvalue weighted by Crippen LogP contribution is 2.18. The van der Waals surface area contributed by atoms with Crippen LogP contribution in [0.2, 0.25) is 0 Å². The summed E-state index contributed by atoms with van der Waals surface area (Å²) < 4.78 is 4.60. The molecule has 0 radical (unpaired) electrons. The maximum absolute atomic E-state index is 12.3. The van der Waals surface area contributed by atoms with E-state index in [2.05, 4.69) is 15.4 Å². The zero-order valence-corrected chi connectivity index (χ0v) is 14.9. The first-order valence-corrected chi connectivity index (χ1v) is 9.29. The van der Waals surface area contributed by atoms with Crippen molar-refractivity contribution in [2.75, 3.05) is 12.9 Å². The number of nitrogens with one attached hydrogen (secondary N) is 2. The SMILES string of the molecule is COC(=O)N[C@@H](CCCCCSC(C)=O)C(=O)NC1CCCC1. The summed E-state index contributed by atoms with van der Waals surface area (Å²) >= 11 is 1.32. The van der Waals surface area contributed by atoms with Gasteiger partial charge in [0, 0.05) is 18.7 Å². The van der Waals surface area contributed by atoms with E-state index >= 15 is 0 Å². The topological polar surface area (TPSA) is 84.5 Å². The molecule has 0 unspecified atom stereocenters. The lowest BCUT2D eigenvalue weighted by Gasteiger charge is -2.20. The molecule has 1 atom stereocenters. The van der Waals surface area contributed by atoms with Crippen LogP contribution in [0.4, 0.5) is 4.79 Å². The van der Waals surface area contributed by atoms with Crippen LogP contribution in [0.15, 0.2) is 0 Å². The van der Waals surface area contributed by atoms with E-state index in [0.717, 1.165) is 50.7 Å². The lowest BCUT2D eigenvalue weighted by Crippen LogP contribution is -2.49. The van der Waals surface area contributed by atoms with Crippen molar-refractivity contribution >= 4 is 28.9 Å². The summed E-state index contributed by atoms with van der Waals surface area (Å²) in [7, 11) is 1.29. The number of alkyl carbamates (subject to hydrolysis) is 1. The predicted octanol–water partition coefficient (Wildman–Crippen LogP) is 2.61. The number of carbonyl (C=O) groups excluding carboxylic acids is 3. The number of rotatable bonds is 9. The van der Waals surface area contributed by atoms with E-state index in [9.17, 15) is 14.4 Å². The number of amides is 2. The fraction of sp³-hybridized carbons (Fsp3) is 0.812. The molecule has 1 aliphatic carbocycles. The Balaban J connectivity index is 2.33. The molecule has 132 valence electrons. The molecule has 0 spiro atoms. The fourth-order valence-corrected chi connectivity index (χ4v) is 3.32. The van der Waals surface area contributed by atoms with Crippen LogP contribution < -0.4 is 10.6 Å². The normalized spacial score (nSPS) is 15.9. The van der Waals surface area contributed by atoms with E-state index in [-0.39, 0.29) is 17.1 Å². The van der Waals surface area contributed by atoms with Gasteiger partial charge in [0.25, 0.3) is 0 Å². The number of unbranched alkanes of at least 4 members (excludes halogenated alkanes) is 2. The highest BCUT2D eigenvalue weighted by atomic mass is 32.2. The Morgan fingerprint density at radius 1 is 1.17 bits per heavy atom. The first-order chi connectivity index (χ1) is 11.0. The van der Waals surface area contributed by atoms with Gasteiger partial charge in [-0.25, -0.2) is 4.79 Å². The van der Waals surface area contributed by atoms with Gasteiger partial charge in [0.15, 0.2) is 5.12 Å². The molecule has 1 fully saturated rings. The molecule has 0 aromatic heterocycles. The van der Waals surface area contributed by atoms with Crippen molar-refractivity contribution in [1.29, 1.82) is 0 Å². The number of thioether (sulfide) groups is 1. The standard InChI is InChI=1S/C16H28N2O4S/c1-12(19)23-11-7-3-4-10-14(18-16(21)22-2)15(20)17-13-8-5-6-9-13/h13-14H,3-11H2,1-2H3,(H,17,20)(H,18,21)/t14-/m0/s1. The molecule has 0 bridgehead atoms. The van der Waals surface area contributed by atoms with Gasteiger partial charge in [-0.05, 0) is 25.7 Å². The van der Waals surface area contributed by atoms with E-state index in [0.29, 0.717) is 6.42 Å². The first-order valence-electron chi connectivity index (χ1n) is 8.31. The van der Waals surface area contributed by atoms with Gasteiger partial charge in [-0.15, -0.1) is 0 Å². The number of carbonyl (C=O) groups is 3. The molecule has 1 aliphatic rings. The second kappa shape index (κ2) is 11.3. The lowest BCUT2D eigenvalue weighted by atomic mass is 10.1. The second-order valence-corrected chi connectivity index (χ2v) is 7.14. The summed E-state index contributed by atoms with van der Waals surface area (Å²) in [6.07, 6.45) is 7.00. The second-order valence-electron chi connectivity index (χ2n) is 5.87. The van der Waals surface area contributed by atoms with Crippen molar-refractivity contribution in [3.05, 3.63) is 0 Å². The molecular weight excluding hydrogens is 316 g/mol. The maximum atomic E-state index is 12.3. The third-order valence-corrected chi connectivity index (χ3v) is 4.84. The zero-order chi connectivity index (χ0) is 17.1. The molecule has 1 rings (SSSR count). The van der Waals surface area contributed by atoms with Gasteiger partial charge >= 0.3 is 6.09 Å². The Hall–Kier alpha value is -1.24. The van der Waals surface area contributed by atoms with E-state index in [1.807, 2.05) is 0 Å². The molecule has 6 nitrogen and oxygen atoms in total. The van der Waals surface area contributed by atoms with Crippen LogP contribution in [-0.4, -0.2) is 42.1 Å². The fourth-order valence-electron chi connectivity index (χ4n) is 2.69. The molecule has 0 aromatic carbocycles. The van der Waals surface area contributed by atoms with Crippen molar-refractivity contribution in [1.82, 2.24) is 10.6 Å². The first kappa shape index (κ1) is 19.8. The Labute approximate surface area is 142 Å². The highest BCUT2D eigenvalue weighted by molar-refractivity contribution is 8.13. The molecule has 2 amide bonds. The van der Waals surface area contributed by atoms with Crippen LogP contribution in [0.25, 0.3) is 0 Å². The summed E-state index contributed by atoms with van der Waals surface area (Å²) in [6.45, 7) is 1.56. The van der Waals surface area contributed by atoms with Crippen molar-refractivity contribution < 1.29 is 19.1 Å².